The summed E-state index contributed by atoms with van der Waals surface area (Å²) < 4.78 is 5.36. The summed E-state index contributed by atoms with van der Waals surface area (Å²) in [5, 5.41) is 20.0. The molecule has 6 N–H and O–H groups in total. The third-order valence-corrected chi connectivity index (χ3v) is 2.96. The lowest BCUT2D eigenvalue weighted by Gasteiger charge is -2.18. The van der Waals surface area contributed by atoms with E-state index in [0.717, 1.165) is 0 Å². The van der Waals surface area contributed by atoms with Gasteiger partial charge in [0.05, 0.1) is 11.4 Å². The Morgan fingerprint density at radius 2 is 1.52 bits per heavy atom. The predicted octanol–water partition coefficient (Wildman–Crippen LogP) is 1.36. The van der Waals surface area contributed by atoms with E-state index >= 15 is 0 Å². The van der Waals surface area contributed by atoms with Gasteiger partial charge in [-0.15, -0.1) is 0 Å². The van der Waals surface area contributed by atoms with Gasteiger partial charge in [0, 0.05) is 0 Å². The fraction of sp³-hybridized carbons (Fsp3) is 0.429. The van der Waals surface area contributed by atoms with E-state index in [9.17, 15) is 10.2 Å². The van der Waals surface area contributed by atoms with E-state index in [4.69, 9.17) is 15.9 Å². The number of nitrogen functional groups attached to an aromatic ring is 2. The van der Waals surface area contributed by atoms with Gasteiger partial charge in [0.2, 0.25) is 11.8 Å². The number of hydrogen-bond donors (Lipinski definition) is 4. The van der Waals surface area contributed by atoms with Gasteiger partial charge in [0.15, 0.2) is 0 Å². The molecule has 21 heavy (non-hydrogen) atoms. The molecule has 114 valence electrons. The quantitative estimate of drug-likeness (QED) is 0.671. The molecule has 2 aromatic rings. The van der Waals surface area contributed by atoms with E-state index in [1.807, 2.05) is 0 Å². The molecule has 0 fully saturated rings. The van der Waals surface area contributed by atoms with Crippen molar-refractivity contribution >= 4 is 11.6 Å². The number of aromatic nitrogens is 2. The molecule has 0 aromatic carbocycles. The molecule has 2 rings (SSSR count). The molecule has 0 saturated carbocycles. The molecule has 0 aliphatic heterocycles. The van der Waals surface area contributed by atoms with Crippen LogP contribution in [0.5, 0.6) is 0 Å². The molecule has 0 saturated heterocycles. The molecule has 0 unspecified atom stereocenters. The summed E-state index contributed by atoms with van der Waals surface area (Å²) in [5.41, 5.74) is 10.4. The first kappa shape index (κ1) is 15.3. The normalized spacial score (nSPS) is 12.7. The first-order chi connectivity index (χ1) is 9.50. The van der Waals surface area contributed by atoms with Gasteiger partial charge in [0.1, 0.15) is 22.6 Å². The van der Waals surface area contributed by atoms with Crippen molar-refractivity contribution in [3.8, 4) is 11.6 Å². The number of nitrogens with zero attached hydrogens (tertiary/aromatic N) is 2. The Labute approximate surface area is 122 Å². The number of aliphatic hydroxyl groups is 2. The van der Waals surface area contributed by atoms with Crippen LogP contribution in [0.4, 0.5) is 11.6 Å². The summed E-state index contributed by atoms with van der Waals surface area (Å²) in [6, 6.07) is 3.23. The van der Waals surface area contributed by atoms with Crippen LogP contribution in [0, 0.1) is 0 Å². The minimum atomic E-state index is -1.22. The van der Waals surface area contributed by atoms with E-state index in [1.165, 1.54) is 0 Å². The van der Waals surface area contributed by atoms with Crippen molar-refractivity contribution in [3.63, 3.8) is 0 Å². The minimum absolute atomic E-state index is 0.0286. The van der Waals surface area contributed by atoms with Crippen LogP contribution in [0.15, 0.2) is 16.5 Å². The third kappa shape index (κ3) is 2.98. The van der Waals surface area contributed by atoms with E-state index in [0.29, 0.717) is 17.1 Å². The Kier molecular flexibility index (Phi) is 3.43. The highest BCUT2D eigenvalue weighted by Crippen LogP contribution is 2.31. The average Bonchev–Trinajstić information content (AvgIpc) is 2.70. The van der Waals surface area contributed by atoms with E-state index in [1.54, 1.807) is 39.8 Å². The number of nitrogens with two attached hydrogens (primary N) is 2. The Morgan fingerprint density at radius 1 is 0.952 bits per heavy atom. The third-order valence-electron chi connectivity index (χ3n) is 2.96. The van der Waals surface area contributed by atoms with Crippen molar-refractivity contribution in [1.29, 1.82) is 0 Å². The Balaban J connectivity index is 2.54. The van der Waals surface area contributed by atoms with Crippen LogP contribution >= 0.6 is 0 Å². The fourth-order valence-electron chi connectivity index (χ4n) is 1.96. The van der Waals surface area contributed by atoms with Gasteiger partial charge < -0.3 is 26.1 Å². The monoisotopic (exact) mass is 292 g/mol. The van der Waals surface area contributed by atoms with Gasteiger partial charge in [0.25, 0.3) is 0 Å². The summed E-state index contributed by atoms with van der Waals surface area (Å²) >= 11 is 0. The van der Waals surface area contributed by atoms with E-state index in [-0.39, 0.29) is 17.5 Å². The van der Waals surface area contributed by atoms with Crippen molar-refractivity contribution < 1.29 is 14.6 Å². The highest BCUT2D eigenvalue weighted by atomic mass is 16.4. The van der Waals surface area contributed by atoms with Gasteiger partial charge >= 0.3 is 0 Å². The zero-order valence-corrected chi connectivity index (χ0v) is 12.5. The Hall–Kier alpha value is -2.12. The maximum atomic E-state index is 10.1. The molecule has 0 aliphatic carbocycles. The van der Waals surface area contributed by atoms with Gasteiger partial charge in [-0.3, -0.25) is 0 Å². The molecule has 7 nitrogen and oxygen atoms in total. The largest absolute Gasteiger partial charge is 0.419 e. The number of oxazole rings is 1. The second-order valence-corrected chi connectivity index (χ2v) is 5.98. The second kappa shape index (κ2) is 4.71. The first-order valence-corrected chi connectivity index (χ1v) is 6.49. The van der Waals surface area contributed by atoms with Crippen molar-refractivity contribution in [3.05, 3.63) is 23.5 Å². The first-order valence-electron chi connectivity index (χ1n) is 6.49. The highest BCUT2D eigenvalue weighted by Gasteiger charge is 2.27. The van der Waals surface area contributed by atoms with Crippen LogP contribution < -0.4 is 11.5 Å². The maximum absolute atomic E-state index is 10.1. The minimum Gasteiger partial charge on any atom is -0.419 e. The molecule has 0 amide bonds. The maximum Gasteiger partial charge on any atom is 0.247 e. The molecule has 0 atom stereocenters. The van der Waals surface area contributed by atoms with Gasteiger partial charge in [-0.2, -0.15) is 0 Å². The molecule has 0 spiro atoms. The average molecular weight is 292 g/mol. The molecule has 0 bridgehead atoms. The van der Waals surface area contributed by atoms with Crippen LogP contribution in [0.3, 0.4) is 0 Å². The lowest BCUT2D eigenvalue weighted by molar-refractivity contribution is 0.0741. The van der Waals surface area contributed by atoms with Crippen molar-refractivity contribution in [1.82, 2.24) is 9.97 Å². The standard InChI is InChI=1S/C14H20N4O3/c1-13(2,19)9-7(15)5-6-8(17-9)12-18-10(11(16)21-12)14(3,4)20/h5-6,19-20H,15-16H2,1-4H3. The Morgan fingerprint density at radius 3 is 2.00 bits per heavy atom. The fourth-order valence-corrected chi connectivity index (χ4v) is 1.96. The molecule has 0 aliphatic rings. The summed E-state index contributed by atoms with van der Waals surface area (Å²) in [4.78, 5) is 8.46. The molecular weight excluding hydrogens is 272 g/mol. The smallest absolute Gasteiger partial charge is 0.247 e. The van der Waals surface area contributed by atoms with Crippen LogP contribution in [-0.2, 0) is 11.2 Å². The highest BCUT2D eigenvalue weighted by molar-refractivity contribution is 5.57. The number of hydrogen-bond acceptors (Lipinski definition) is 7. The summed E-state index contributed by atoms with van der Waals surface area (Å²) in [6.45, 7) is 6.29. The lowest BCUT2D eigenvalue weighted by Crippen LogP contribution is -2.20. The van der Waals surface area contributed by atoms with Crippen molar-refractivity contribution in [2.45, 2.75) is 38.9 Å². The lowest BCUT2D eigenvalue weighted by atomic mass is 10.0. The van der Waals surface area contributed by atoms with Crippen molar-refractivity contribution in [2.75, 3.05) is 11.5 Å². The second-order valence-electron chi connectivity index (χ2n) is 5.98. The number of pyridine rings is 1. The zero-order valence-electron chi connectivity index (χ0n) is 12.5. The molecule has 7 heteroatoms. The topological polar surface area (TPSA) is 131 Å². The summed E-state index contributed by atoms with van der Waals surface area (Å²) in [7, 11) is 0. The molecule has 2 heterocycles. The number of rotatable bonds is 3. The van der Waals surface area contributed by atoms with Crippen molar-refractivity contribution in [2.24, 2.45) is 0 Å². The Bertz CT molecular complexity index is 666. The van der Waals surface area contributed by atoms with E-state index < -0.39 is 11.2 Å². The summed E-state index contributed by atoms with van der Waals surface area (Å²) in [5.74, 6) is 0.191. The number of anilines is 2. The SMILES string of the molecule is CC(C)(O)c1nc(-c2nc(C(C)(C)O)c(N)o2)ccc1N. The summed E-state index contributed by atoms with van der Waals surface area (Å²) in [6.07, 6.45) is 0. The zero-order chi connectivity index (χ0) is 16.0. The molecular formula is C14H20N4O3. The van der Waals surface area contributed by atoms with Crippen LogP contribution in [-0.4, -0.2) is 20.2 Å². The molecule has 0 radical (unpaired) electrons. The van der Waals surface area contributed by atoms with Crippen LogP contribution in [0.1, 0.15) is 39.1 Å². The predicted molar refractivity (Wildman–Crippen MR) is 79.0 cm³/mol. The van der Waals surface area contributed by atoms with E-state index in [2.05, 4.69) is 9.97 Å². The van der Waals surface area contributed by atoms with Gasteiger partial charge in [-0.1, -0.05) is 0 Å². The van der Waals surface area contributed by atoms with Crippen LogP contribution in [0.25, 0.3) is 11.6 Å². The van der Waals surface area contributed by atoms with Gasteiger partial charge in [-0.05, 0) is 39.8 Å². The van der Waals surface area contributed by atoms with Crippen LogP contribution in [0.2, 0.25) is 0 Å². The van der Waals surface area contributed by atoms with Gasteiger partial charge in [-0.25, -0.2) is 9.97 Å². The molecule has 2 aromatic heterocycles.